The van der Waals surface area contributed by atoms with Gasteiger partial charge in [0.15, 0.2) is 0 Å². The SMILES string of the molecule is Cc1cccc(NC(=O)/C(C#N)=C/c2ccc(OCC(C)C)c(Br)c2)c1C. The van der Waals surface area contributed by atoms with E-state index >= 15 is 0 Å². The van der Waals surface area contributed by atoms with Gasteiger partial charge in [0.25, 0.3) is 5.91 Å². The molecule has 0 bridgehead atoms. The average molecular weight is 427 g/mol. The predicted molar refractivity (Wildman–Crippen MR) is 113 cm³/mol. The van der Waals surface area contributed by atoms with Crippen molar-refractivity contribution in [2.45, 2.75) is 27.7 Å². The second-order valence-electron chi connectivity index (χ2n) is 6.77. The predicted octanol–water partition coefficient (Wildman–Crippen LogP) is 5.65. The Bertz CT molecular complexity index is 911. The molecule has 140 valence electrons. The number of nitrogens with zero attached hydrogens (tertiary/aromatic N) is 1. The van der Waals surface area contributed by atoms with Crippen molar-refractivity contribution < 1.29 is 9.53 Å². The number of amides is 1. The van der Waals surface area contributed by atoms with Crippen LogP contribution < -0.4 is 10.1 Å². The summed E-state index contributed by atoms with van der Waals surface area (Å²) in [5, 5.41) is 12.2. The highest BCUT2D eigenvalue weighted by Crippen LogP contribution is 2.27. The molecule has 0 aromatic heterocycles. The maximum Gasteiger partial charge on any atom is 0.266 e. The summed E-state index contributed by atoms with van der Waals surface area (Å²) in [5.74, 6) is 0.733. The van der Waals surface area contributed by atoms with Crippen LogP contribution in [0.2, 0.25) is 0 Å². The van der Waals surface area contributed by atoms with Crippen LogP contribution in [0.3, 0.4) is 0 Å². The number of halogens is 1. The molecular formula is C22H23BrN2O2. The lowest BCUT2D eigenvalue weighted by atomic mass is 10.1. The van der Waals surface area contributed by atoms with E-state index in [1.54, 1.807) is 6.08 Å². The first kappa shape index (κ1) is 20.7. The van der Waals surface area contributed by atoms with Gasteiger partial charge < -0.3 is 10.1 Å². The zero-order valence-corrected chi connectivity index (χ0v) is 17.6. The first-order valence-corrected chi connectivity index (χ1v) is 9.52. The number of aryl methyl sites for hydroxylation is 1. The Hall–Kier alpha value is -2.58. The molecule has 0 atom stereocenters. The molecule has 0 saturated carbocycles. The van der Waals surface area contributed by atoms with E-state index in [-0.39, 0.29) is 5.57 Å². The number of carbonyl (C=O) groups is 1. The molecule has 0 radical (unpaired) electrons. The number of hydrogen-bond acceptors (Lipinski definition) is 3. The van der Waals surface area contributed by atoms with Crippen LogP contribution in [-0.2, 0) is 4.79 Å². The van der Waals surface area contributed by atoms with Gasteiger partial charge in [0.1, 0.15) is 17.4 Å². The largest absolute Gasteiger partial charge is 0.492 e. The quantitative estimate of drug-likeness (QED) is 0.479. The topological polar surface area (TPSA) is 62.1 Å². The summed E-state index contributed by atoms with van der Waals surface area (Å²) < 4.78 is 6.51. The Kier molecular flexibility index (Phi) is 7.20. The Morgan fingerprint density at radius 1 is 1.30 bits per heavy atom. The minimum absolute atomic E-state index is 0.0404. The highest BCUT2D eigenvalue weighted by atomic mass is 79.9. The smallest absolute Gasteiger partial charge is 0.266 e. The summed E-state index contributed by atoms with van der Waals surface area (Å²) >= 11 is 3.48. The molecule has 0 spiro atoms. The normalized spacial score (nSPS) is 11.2. The van der Waals surface area contributed by atoms with Crippen molar-refractivity contribution in [3.8, 4) is 11.8 Å². The van der Waals surface area contributed by atoms with Gasteiger partial charge in [-0.3, -0.25) is 4.79 Å². The Morgan fingerprint density at radius 2 is 2.04 bits per heavy atom. The molecule has 0 aliphatic rings. The van der Waals surface area contributed by atoms with Crippen LogP contribution in [0.15, 0.2) is 46.4 Å². The van der Waals surface area contributed by atoms with Crippen molar-refractivity contribution in [3.63, 3.8) is 0 Å². The molecule has 0 aliphatic carbocycles. The summed E-state index contributed by atoms with van der Waals surface area (Å²) in [7, 11) is 0. The van der Waals surface area contributed by atoms with Crippen molar-refractivity contribution in [1.29, 1.82) is 5.26 Å². The molecule has 27 heavy (non-hydrogen) atoms. The van der Waals surface area contributed by atoms with E-state index in [2.05, 4.69) is 35.1 Å². The van der Waals surface area contributed by atoms with Gasteiger partial charge >= 0.3 is 0 Å². The van der Waals surface area contributed by atoms with Crippen molar-refractivity contribution in [2.24, 2.45) is 5.92 Å². The fourth-order valence-electron chi connectivity index (χ4n) is 2.37. The lowest BCUT2D eigenvalue weighted by Crippen LogP contribution is -2.14. The maximum atomic E-state index is 12.5. The Morgan fingerprint density at radius 3 is 2.67 bits per heavy atom. The molecule has 0 unspecified atom stereocenters. The van der Waals surface area contributed by atoms with Crippen molar-refractivity contribution in [3.05, 3.63) is 63.1 Å². The van der Waals surface area contributed by atoms with Crippen molar-refractivity contribution in [1.82, 2.24) is 0 Å². The van der Waals surface area contributed by atoms with Gasteiger partial charge in [-0.05, 0) is 76.7 Å². The third-order valence-electron chi connectivity index (χ3n) is 4.06. The lowest BCUT2D eigenvalue weighted by molar-refractivity contribution is -0.112. The van der Waals surface area contributed by atoms with Gasteiger partial charge in [-0.2, -0.15) is 5.26 Å². The minimum Gasteiger partial charge on any atom is -0.492 e. The summed E-state index contributed by atoms with van der Waals surface area (Å²) in [5.41, 5.74) is 3.55. The lowest BCUT2D eigenvalue weighted by Gasteiger charge is -2.11. The van der Waals surface area contributed by atoms with E-state index in [0.717, 1.165) is 26.9 Å². The molecule has 5 heteroatoms. The molecule has 2 aromatic carbocycles. The Balaban J connectivity index is 2.20. The first-order valence-electron chi connectivity index (χ1n) is 8.73. The molecule has 2 rings (SSSR count). The first-order chi connectivity index (χ1) is 12.8. The van der Waals surface area contributed by atoms with Crippen molar-refractivity contribution in [2.75, 3.05) is 11.9 Å². The molecule has 4 nitrogen and oxygen atoms in total. The van der Waals surface area contributed by atoms with Gasteiger partial charge in [0.05, 0.1) is 11.1 Å². The summed E-state index contributed by atoms with van der Waals surface area (Å²) in [6.07, 6.45) is 1.57. The van der Waals surface area contributed by atoms with Gasteiger partial charge in [-0.25, -0.2) is 0 Å². The highest BCUT2D eigenvalue weighted by Gasteiger charge is 2.12. The monoisotopic (exact) mass is 426 g/mol. The van der Waals surface area contributed by atoms with Crippen molar-refractivity contribution >= 4 is 33.6 Å². The molecule has 0 aliphatic heterocycles. The van der Waals surface area contributed by atoms with Crippen LogP contribution in [0.5, 0.6) is 5.75 Å². The van der Waals surface area contributed by atoms with Gasteiger partial charge in [0.2, 0.25) is 0 Å². The summed E-state index contributed by atoms with van der Waals surface area (Å²) in [6.45, 7) is 8.70. The van der Waals surface area contributed by atoms with E-state index in [0.29, 0.717) is 18.2 Å². The number of ether oxygens (including phenoxy) is 1. The van der Waals surface area contributed by atoms with E-state index < -0.39 is 5.91 Å². The maximum absolute atomic E-state index is 12.5. The zero-order chi connectivity index (χ0) is 20.0. The summed E-state index contributed by atoms with van der Waals surface area (Å²) in [4.78, 5) is 12.5. The number of anilines is 1. The fourth-order valence-corrected chi connectivity index (χ4v) is 2.88. The van der Waals surface area contributed by atoms with Gasteiger partial charge in [0, 0.05) is 5.69 Å². The highest BCUT2D eigenvalue weighted by molar-refractivity contribution is 9.10. The molecule has 0 fully saturated rings. The average Bonchev–Trinajstić information content (AvgIpc) is 2.62. The zero-order valence-electron chi connectivity index (χ0n) is 16.0. The number of nitriles is 1. The van der Waals surface area contributed by atoms with Crippen LogP contribution in [-0.4, -0.2) is 12.5 Å². The third kappa shape index (κ3) is 5.70. The number of carbonyl (C=O) groups excluding carboxylic acids is 1. The number of rotatable bonds is 6. The minimum atomic E-state index is -0.428. The molecule has 2 aromatic rings. The number of benzene rings is 2. The van der Waals surface area contributed by atoms with Crippen LogP contribution in [0, 0.1) is 31.1 Å². The van der Waals surface area contributed by atoms with Crippen LogP contribution in [0.4, 0.5) is 5.69 Å². The second kappa shape index (κ2) is 9.38. The molecule has 0 heterocycles. The van der Waals surface area contributed by atoms with E-state index in [1.165, 1.54) is 0 Å². The number of hydrogen-bond donors (Lipinski definition) is 1. The van der Waals surface area contributed by atoms with Crippen LogP contribution in [0.1, 0.15) is 30.5 Å². The van der Waals surface area contributed by atoms with Gasteiger partial charge in [-0.15, -0.1) is 0 Å². The summed E-state index contributed by atoms with van der Waals surface area (Å²) in [6, 6.07) is 13.1. The van der Waals surface area contributed by atoms with Crippen LogP contribution >= 0.6 is 15.9 Å². The molecule has 1 N–H and O–H groups in total. The standard InChI is InChI=1S/C22H23BrN2O2/c1-14(2)13-27-21-9-8-17(11-19(21)23)10-18(12-24)22(26)25-20-7-5-6-15(3)16(20)4/h5-11,14H,13H2,1-4H3,(H,25,26)/b18-10+. The van der Waals surface area contributed by atoms with Crippen LogP contribution in [0.25, 0.3) is 6.08 Å². The van der Waals surface area contributed by atoms with Gasteiger partial charge in [-0.1, -0.05) is 32.0 Å². The fraction of sp³-hybridized carbons (Fsp3) is 0.273. The van der Waals surface area contributed by atoms with E-state index in [4.69, 9.17) is 4.74 Å². The molecule has 1 amide bonds. The molecular weight excluding hydrogens is 404 g/mol. The third-order valence-corrected chi connectivity index (χ3v) is 4.68. The Labute approximate surface area is 169 Å². The second-order valence-corrected chi connectivity index (χ2v) is 7.62. The van der Waals surface area contributed by atoms with E-state index in [1.807, 2.05) is 56.3 Å². The van der Waals surface area contributed by atoms with E-state index in [9.17, 15) is 10.1 Å². The number of nitrogens with one attached hydrogen (secondary N) is 1. The molecule has 0 saturated heterocycles.